The number of likely N-dealkylation sites (N-methyl/N-ethyl adjacent to an activating group) is 1. The second-order valence-electron chi connectivity index (χ2n) is 9.92. The highest BCUT2D eigenvalue weighted by molar-refractivity contribution is 7.81. The third-order valence-corrected chi connectivity index (χ3v) is 7.41. The van der Waals surface area contributed by atoms with Crippen LogP contribution in [0.5, 0.6) is 0 Å². The fourth-order valence-corrected chi connectivity index (χ4v) is 5.05. The lowest BCUT2D eigenvalue weighted by Gasteiger charge is -2.27. The zero-order valence-corrected chi connectivity index (χ0v) is 23.3. The molecule has 2 aromatic carbocycles. The van der Waals surface area contributed by atoms with Crippen LogP contribution in [0.25, 0.3) is 0 Å². The van der Waals surface area contributed by atoms with E-state index in [9.17, 15) is 24.3 Å². The van der Waals surface area contributed by atoms with Gasteiger partial charge in [-0.15, -0.1) is 0 Å². The molecule has 2 aromatic rings. The highest BCUT2D eigenvalue weighted by atomic mass is 32.1. The molecule has 4 atom stereocenters. The maximum absolute atomic E-state index is 12.9. The summed E-state index contributed by atoms with van der Waals surface area (Å²) in [6, 6.07) is 15.8. The van der Waals surface area contributed by atoms with E-state index in [1.54, 1.807) is 24.3 Å². The van der Waals surface area contributed by atoms with Crippen LogP contribution in [0.4, 0.5) is 5.69 Å². The molecule has 0 saturated carbocycles. The highest BCUT2D eigenvalue weighted by Gasteiger charge is 2.32. The molecule has 4 unspecified atom stereocenters. The maximum atomic E-state index is 12.9. The van der Waals surface area contributed by atoms with Crippen LogP contribution in [0.15, 0.2) is 54.6 Å². The first kappa shape index (κ1) is 30.7. The number of benzene rings is 2. The van der Waals surface area contributed by atoms with Gasteiger partial charge in [0.2, 0.25) is 17.7 Å². The Bertz CT molecular complexity index is 1230. The Hall–Kier alpha value is -3.88. The molecule has 1 aliphatic rings. The molecule has 1 heterocycles. The largest absolute Gasteiger partial charge is 0.480 e. The number of nitrogens with one attached hydrogen (secondary N) is 1. The molecule has 1 saturated heterocycles. The fraction of sp³-hybridized carbons (Fsp3) is 0.414. The van der Waals surface area contributed by atoms with Crippen LogP contribution in [0, 0.1) is 11.3 Å². The van der Waals surface area contributed by atoms with E-state index in [1.807, 2.05) is 30.3 Å². The summed E-state index contributed by atoms with van der Waals surface area (Å²) in [5.41, 5.74) is 8.10. The Labute approximate surface area is 239 Å². The first-order valence-corrected chi connectivity index (χ1v) is 13.7. The molecule has 3 rings (SSSR count). The smallest absolute Gasteiger partial charge is 0.326 e. The maximum Gasteiger partial charge on any atom is 0.326 e. The fourth-order valence-electron chi connectivity index (χ4n) is 4.66. The average Bonchev–Trinajstić information content (AvgIpc) is 3.43. The lowest BCUT2D eigenvalue weighted by Crippen LogP contribution is -2.47. The molecule has 10 nitrogen and oxygen atoms in total. The number of anilines is 1. The number of nitrogens with zero attached hydrogens (tertiary/aromatic N) is 3. The number of hydrogen-bond donors (Lipinski definition) is 4. The second kappa shape index (κ2) is 14.5. The van der Waals surface area contributed by atoms with Crippen molar-refractivity contribution in [2.24, 2.45) is 5.73 Å². The number of carbonyl (C=O) groups is 4. The molecule has 0 aromatic heterocycles. The van der Waals surface area contributed by atoms with Crippen molar-refractivity contribution in [2.75, 3.05) is 18.9 Å². The normalized spacial score (nSPS) is 16.9. The summed E-state index contributed by atoms with van der Waals surface area (Å²) >= 11 is 4.42. The average molecular weight is 566 g/mol. The van der Waals surface area contributed by atoms with E-state index in [2.05, 4.69) is 24.0 Å². The van der Waals surface area contributed by atoms with Crippen molar-refractivity contribution < 1.29 is 24.3 Å². The lowest BCUT2D eigenvalue weighted by atomic mass is 10.0. The summed E-state index contributed by atoms with van der Waals surface area (Å²) in [7, 11) is 1.46. The van der Waals surface area contributed by atoms with E-state index >= 15 is 0 Å². The van der Waals surface area contributed by atoms with Gasteiger partial charge in [-0.1, -0.05) is 42.5 Å². The number of carboxylic acids is 1. The number of nitrogens with two attached hydrogens (primary N) is 1. The molecule has 3 amide bonds. The monoisotopic (exact) mass is 565 g/mol. The van der Waals surface area contributed by atoms with Crippen LogP contribution >= 0.6 is 12.6 Å². The number of nitriles is 1. The van der Waals surface area contributed by atoms with Crippen molar-refractivity contribution in [3.8, 4) is 6.07 Å². The molecule has 0 spiro atoms. The van der Waals surface area contributed by atoms with Crippen LogP contribution in [0.3, 0.4) is 0 Å². The number of rotatable bonds is 12. The quantitative estimate of drug-likeness (QED) is 0.288. The van der Waals surface area contributed by atoms with Gasteiger partial charge in [0.15, 0.2) is 0 Å². The van der Waals surface area contributed by atoms with Gasteiger partial charge in [-0.05, 0) is 48.9 Å². The third kappa shape index (κ3) is 8.31. The van der Waals surface area contributed by atoms with Gasteiger partial charge in [0.05, 0.1) is 17.4 Å². The van der Waals surface area contributed by atoms with Crippen molar-refractivity contribution >= 4 is 42.0 Å². The van der Waals surface area contributed by atoms with Gasteiger partial charge in [0.25, 0.3) is 0 Å². The van der Waals surface area contributed by atoms with Crippen LogP contribution < -0.4 is 11.1 Å². The van der Waals surface area contributed by atoms with Crippen LogP contribution in [-0.4, -0.2) is 75.6 Å². The summed E-state index contributed by atoms with van der Waals surface area (Å²) in [6.45, 7) is 0.499. The molecule has 40 heavy (non-hydrogen) atoms. The van der Waals surface area contributed by atoms with E-state index in [4.69, 9.17) is 11.0 Å². The molecular formula is C29H35N5O5S. The summed E-state index contributed by atoms with van der Waals surface area (Å²) < 4.78 is 0. The molecule has 1 aliphatic heterocycles. The van der Waals surface area contributed by atoms with Gasteiger partial charge >= 0.3 is 5.97 Å². The number of amides is 3. The number of hydrogen-bond acceptors (Lipinski definition) is 7. The predicted molar refractivity (Wildman–Crippen MR) is 153 cm³/mol. The van der Waals surface area contributed by atoms with E-state index in [0.717, 1.165) is 12.0 Å². The number of thiol groups is 1. The van der Waals surface area contributed by atoms with Crippen LogP contribution in [0.1, 0.15) is 36.8 Å². The predicted octanol–water partition coefficient (Wildman–Crippen LogP) is 2.24. The van der Waals surface area contributed by atoms with E-state index < -0.39 is 29.3 Å². The zero-order chi connectivity index (χ0) is 29.2. The Kier molecular flexibility index (Phi) is 11.1. The first-order valence-electron chi connectivity index (χ1n) is 13.2. The number of aliphatic carboxylic acids is 1. The van der Waals surface area contributed by atoms with Gasteiger partial charge in [0.1, 0.15) is 12.1 Å². The summed E-state index contributed by atoms with van der Waals surface area (Å²) in [6.07, 6.45) is 2.03. The Morgan fingerprint density at radius 3 is 2.40 bits per heavy atom. The number of carbonyl (C=O) groups excluding carboxylic acids is 3. The Balaban J connectivity index is 1.51. The van der Waals surface area contributed by atoms with Crippen molar-refractivity contribution in [3.63, 3.8) is 0 Å². The summed E-state index contributed by atoms with van der Waals surface area (Å²) in [5, 5.41) is 21.0. The number of likely N-dealkylation sites (tertiary alicyclic amines) is 1. The van der Waals surface area contributed by atoms with Crippen LogP contribution in [0.2, 0.25) is 0 Å². The van der Waals surface area contributed by atoms with E-state index in [-0.39, 0.29) is 37.0 Å². The minimum atomic E-state index is -1.13. The highest BCUT2D eigenvalue weighted by Crippen LogP contribution is 2.19. The van der Waals surface area contributed by atoms with Crippen molar-refractivity contribution in [2.45, 2.75) is 61.9 Å². The topological polar surface area (TPSA) is 157 Å². The Morgan fingerprint density at radius 1 is 1.12 bits per heavy atom. The van der Waals surface area contributed by atoms with Crippen molar-refractivity contribution in [1.29, 1.82) is 5.26 Å². The first-order chi connectivity index (χ1) is 19.1. The SMILES string of the molecule is CN(C(=O)C(S)Cc1ccccc1)C(Cc1ccc(NC(=O)CCC(N)C(=O)N2CCCC2C#N)cc1)C(=O)O. The van der Waals surface area contributed by atoms with E-state index in [1.165, 1.54) is 16.8 Å². The molecule has 212 valence electrons. The molecule has 0 aliphatic carbocycles. The van der Waals surface area contributed by atoms with Gasteiger partial charge in [0, 0.05) is 32.1 Å². The molecule has 11 heteroatoms. The summed E-state index contributed by atoms with van der Waals surface area (Å²) in [5.74, 6) is -2.15. The van der Waals surface area contributed by atoms with Gasteiger partial charge in [-0.25, -0.2) is 4.79 Å². The Morgan fingerprint density at radius 2 is 1.77 bits per heavy atom. The lowest BCUT2D eigenvalue weighted by molar-refractivity contribution is -0.148. The number of carboxylic acid groups (broad SMARTS) is 1. The molecule has 0 bridgehead atoms. The molecule has 4 N–H and O–H groups in total. The molecule has 0 radical (unpaired) electrons. The molecular weight excluding hydrogens is 530 g/mol. The van der Waals surface area contributed by atoms with E-state index in [0.29, 0.717) is 30.6 Å². The standard InChI is InChI=1S/C29H35N5O5S/c1-33(28(37)25(40)17-19-6-3-2-4-7-19)24(29(38)39)16-20-9-11-21(12-10-20)32-26(35)14-13-23(31)27(36)34-15-5-8-22(34)18-30/h2-4,6-7,9-12,22-25,40H,5,8,13-17,31H2,1H3,(H,32,35)(H,38,39). The van der Waals surface area contributed by atoms with Crippen molar-refractivity contribution in [1.82, 2.24) is 9.80 Å². The van der Waals surface area contributed by atoms with Gasteiger partial charge in [-0.2, -0.15) is 17.9 Å². The minimum Gasteiger partial charge on any atom is -0.480 e. The van der Waals surface area contributed by atoms with Gasteiger partial charge in [-0.3, -0.25) is 14.4 Å². The zero-order valence-electron chi connectivity index (χ0n) is 22.4. The van der Waals surface area contributed by atoms with Crippen molar-refractivity contribution in [3.05, 3.63) is 65.7 Å². The molecule has 1 fully saturated rings. The van der Waals surface area contributed by atoms with Gasteiger partial charge < -0.3 is 26.0 Å². The second-order valence-corrected chi connectivity index (χ2v) is 10.5. The van der Waals surface area contributed by atoms with Crippen LogP contribution in [-0.2, 0) is 32.0 Å². The minimum absolute atomic E-state index is 0.0294. The third-order valence-electron chi connectivity index (χ3n) is 7.01. The summed E-state index contributed by atoms with van der Waals surface area (Å²) in [4.78, 5) is 52.5.